The van der Waals surface area contributed by atoms with E-state index in [2.05, 4.69) is 4.98 Å². The normalized spacial score (nSPS) is 22.2. The maximum Gasteiger partial charge on any atom is 0.221 e. The number of hydrogen-bond acceptors (Lipinski definition) is 4. The number of nitrogens with two attached hydrogens (primary N) is 1. The molecule has 2 aromatic rings. The molecular formula is C16H20N2O2. The van der Waals surface area contributed by atoms with Crippen molar-refractivity contribution in [2.24, 2.45) is 17.6 Å². The Balaban J connectivity index is 1.79. The molecule has 3 rings (SSSR count). The molecule has 1 fully saturated rings. The molecule has 1 aromatic carbocycles. The number of nitrogens with zero attached hydrogens (tertiary/aromatic N) is 1. The van der Waals surface area contributed by atoms with Crippen molar-refractivity contribution in [1.29, 1.82) is 0 Å². The van der Waals surface area contributed by atoms with Gasteiger partial charge in [-0.2, -0.15) is 0 Å². The average Bonchev–Trinajstić information content (AvgIpc) is 2.92. The van der Waals surface area contributed by atoms with Crippen molar-refractivity contribution >= 4 is 10.8 Å². The van der Waals surface area contributed by atoms with Crippen molar-refractivity contribution < 1.29 is 9.84 Å². The molecule has 106 valence electrons. The molecule has 3 N–H and O–H groups in total. The summed E-state index contributed by atoms with van der Waals surface area (Å²) in [4.78, 5) is 4.30. The number of phenols is 1. The molecule has 2 atom stereocenters. The highest BCUT2D eigenvalue weighted by molar-refractivity contribution is 5.87. The second-order valence-electron chi connectivity index (χ2n) is 5.52. The van der Waals surface area contributed by atoms with Crippen LogP contribution in [0.1, 0.15) is 19.3 Å². The summed E-state index contributed by atoms with van der Waals surface area (Å²) in [6.45, 7) is 1.39. The molecule has 0 amide bonds. The molecular weight excluding hydrogens is 252 g/mol. The van der Waals surface area contributed by atoms with Gasteiger partial charge in [0.25, 0.3) is 0 Å². The third kappa shape index (κ3) is 2.56. The molecule has 1 aliphatic carbocycles. The van der Waals surface area contributed by atoms with Crippen molar-refractivity contribution in [1.82, 2.24) is 4.98 Å². The zero-order valence-electron chi connectivity index (χ0n) is 11.5. The van der Waals surface area contributed by atoms with E-state index in [-0.39, 0.29) is 5.75 Å². The smallest absolute Gasteiger partial charge is 0.221 e. The summed E-state index contributed by atoms with van der Waals surface area (Å²) in [5.74, 6) is 1.92. The maximum atomic E-state index is 9.61. The maximum absolute atomic E-state index is 9.61. The lowest BCUT2D eigenvalue weighted by molar-refractivity contribution is 0.212. The van der Waals surface area contributed by atoms with Crippen LogP contribution in [0.5, 0.6) is 11.6 Å². The van der Waals surface area contributed by atoms with Gasteiger partial charge in [0.05, 0.1) is 6.61 Å². The van der Waals surface area contributed by atoms with E-state index in [1.165, 1.54) is 19.3 Å². The van der Waals surface area contributed by atoms with Crippen LogP contribution in [0.3, 0.4) is 0 Å². The predicted molar refractivity (Wildman–Crippen MR) is 78.8 cm³/mol. The standard InChI is InChI=1S/C16H20N2O2/c17-9-12-2-1-3-13(12)10-20-16-15-8-14(19)5-4-11(15)6-7-18-16/h4-8,12-13,19H,1-3,9-10,17H2. The fourth-order valence-corrected chi connectivity index (χ4v) is 3.07. The van der Waals surface area contributed by atoms with Gasteiger partial charge < -0.3 is 15.6 Å². The van der Waals surface area contributed by atoms with E-state index >= 15 is 0 Å². The van der Waals surface area contributed by atoms with Crippen LogP contribution in [0.4, 0.5) is 0 Å². The Morgan fingerprint density at radius 1 is 1.25 bits per heavy atom. The van der Waals surface area contributed by atoms with Gasteiger partial charge in [-0.3, -0.25) is 0 Å². The highest BCUT2D eigenvalue weighted by atomic mass is 16.5. The summed E-state index contributed by atoms with van der Waals surface area (Å²) < 4.78 is 5.91. The molecule has 4 heteroatoms. The molecule has 4 nitrogen and oxygen atoms in total. The molecule has 0 saturated heterocycles. The summed E-state index contributed by atoms with van der Waals surface area (Å²) in [5, 5.41) is 11.5. The fourth-order valence-electron chi connectivity index (χ4n) is 3.07. The van der Waals surface area contributed by atoms with Crippen LogP contribution < -0.4 is 10.5 Å². The zero-order valence-corrected chi connectivity index (χ0v) is 11.5. The first-order valence-electron chi connectivity index (χ1n) is 7.18. The predicted octanol–water partition coefficient (Wildman–Crippen LogP) is 2.69. The molecule has 1 aromatic heterocycles. The number of hydrogen-bond donors (Lipinski definition) is 2. The molecule has 0 spiro atoms. The lowest BCUT2D eigenvalue weighted by atomic mass is 9.97. The summed E-state index contributed by atoms with van der Waals surface area (Å²) >= 11 is 0. The van der Waals surface area contributed by atoms with Gasteiger partial charge in [-0.25, -0.2) is 4.98 Å². The highest BCUT2D eigenvalue weighted by Crippen LogP contribution is 2.32. The summed E-state index contributed by atoms with van der Waals surface area (Å²) in [6.07, 6.45) is 5.36. The van der Waals surface area contributed by atoms with Gasteiger partial charge in [-0.1, -0.05) is 12.5 Å². The minimum atomic E-state index is 0.232. The minimum absolute atomic E-state index is 0.232. The third-order valence-corrected chi connectivity index (χ3v) is 4.27. The molecule has 1 heterocycles. The van der Waals surface area contributed by atoms with E-state index in [1.54, 1.807) is 18.3 Å². The first-order valence-corrected chi connectivity index (χ1v) is 7.18. The number of rotatable bonds is 4. The highest BCUT2D eigenvalue weighted by Gasteiger charge is 2.26. The first-order chi connectivity index (χ1) is 9.78. The number of aromatic hydroxyl groups is 1. The topological polar surface area (TPSA) is 68.4 Å². The SMILES string of the molecule is NCC1CCCC1COc1nccc2ccc(O)cc12. The first kappa shape index (κ1) is 13.2. The number of pyridine rings is 1. The second kappa shape index (κ2) is 5.67. The molecule has 1 saturated carbocycles. The number of fused-ring (bicyclic) bond motifs is 1. The number of aromatic nitrogens is 1. The fraction of sp³-hybridized carbons (Fsp3) is 0.438. The van der Waals surface area contributed by atoms with Gasteiger partial charge in [0.2, 0.25) is 5.88 Å². The van der Waals surface area contributed by atoms with E-state index in [1.807, 2.05) is 12.1 Å². The van der Waals surface area contributed by atoms with E-state index in [9.17, 15) is 5.11 Å². The van der Waals surface area contributed by atoms with Gasteiger partial charge in [-0.15, -0.1) is 0 Å². The van der Waals surface area contributed by atoms with Crippen molar-refractivity contribution in [2.75, 3.05) is 13.2 Å². The molecule has 1 aliphatic rings. The van der Waals surface area contributed by atoms with Gasteiger partial charge in [0.15, 0.2) is 0 Å². The minimum Gasteiger partial charge on any atom is -0.508 e. The van der Waals surface area contributed by atoms with Crippen LogP contribution in [-0.4, -0.2) is 23.2 Å². The zero-order chi connectivity index (χ0) is 13.9. The van der Waals surface area contributed by atoms with Gasteiger partial charge in [0, 0.05) is 11.6 Å². The van der Waals surface area contributed by atoms with Gasteiger partial charge in [-0.05, 0) is 54.8 Å². The quantitative estimate of drug-likeness (QED) is 0.898. The number of ether oxygens (including phenoxy) is 1. The molecule has 0 bridgehead atoms. The number of phenolic OH excluding ortho intramolecular Hbond substituents is 1. The third-order valence-electron chi connectivity index (χ3n) is 4.27. The van der Waals surface area contributed by atoms with Crippen molar-refractivity contribution in [3.05, 3.63) is 30.5 Å². The van der Waals surface area contributed by atoms with Gasteiger partial charge in [0.1, 0.15) is 5.75 Å². The van der Waals surface area contributed by atoms with Crippen molar-refractivity contribution in [2.45, 2.75) is 19.3 Å². The molecule has 0 radical (unpaired) electrons. The van der Waals surface area contributed by atoms with Crippen LogP contribution in [0, 0.1) is 11.8 Å². The number of benzene rings is 1. The Hall–Kier alpha value is -1.81. The lowest BCUT2D eigenvalue weighted by Crippen LogP contribution is -2.23. The largest absolute Gasteiger partial charge is 0.508 e. The summed E-state index contributed by atoms with van der Waals surface area (Å²) in [6, 6.07) is 7.16. The van der Waals surface area contributed by atoms with Crippen LogP contribution in [-0.2, 0) is 0 Å². The average molecular weight is 272 g/mol. The Labute approximate surface area is 118 Å². The molecule has 0 aliphatic heterocycles. The summed E-state index contributed by atoms with van der Waals surface area (Å²) in [7, 11) is 0. The van der Waals surface area contributed by atoms with Gasteiger partial charge >= 0.3 is 0 Å². The summed E-state index contributed by atoms with van der Waals surface area (Å²) in [5.41, 5.74) is 5.80. The van der Waals surface area contributed by atoms with Crippen LogP contribution in [0.15, 0.2) is 30.5 Å². The van der Waals surface area contributed by atoms with Crippen LogP contribution in [0.2, 0.25) is 0 Å². The monoisotopic (exact) mass is 272 g/mol. The van der Waals surface area contributed by atoms with Crippen molar-refractivity contribution in [3.8, 4) is 11.6 Å². The second-order valence-corrected chi connectivity index (χ2v) is 5.52. The molecule has 2 unspecified atom stereocenters. The van der Waals surface area contributed by atoms with E-state index in [0.717, 1.165) is 17.3 Å². The van der Waals surface area contributed by atoms with E-state index in [0.29, 0.717) is 24.3 Å². The lowest BCUT2D eigenvalue weighted by Gasteiger charge is -2.18. The van der Waals surface area contributed by atoms with Crippen LogP contribution >= 0.6 is 0 Å². The van der Waals surface area contributed by atoms with E-state index < -0.39 is 0 Å². The Morgan fingerprint density at radius 2 is 2.10 bits per heavy atom. The van der Waals surface area contributed by atoms with Crippen LogP contribution in [0.25, 0.3) is 10.8 Å². The Bertz CT molecular complexity index is 600. The van der Waals surface area contributed by atoms with Crippen molar-refractivity contribution in [3.63, 3.8) is 0 Å². The Morgan fingerprint density at radius 3 is 2.95 bits per heavy atom. The molecule has 20 heavy (non-hydrogen) atoms. The Kier molecular flexibility index (Phi) is 3.74. The van der Waals surface area contributed by atoms with E-state index in [4.69, 9.17) is 10.5 Å².